The zero-order valence-electron chi connectivity index (χ0n) is 14.6. The third-order valence-corrected chi connectivity index (χ3v) is 4.16. The van der Waals surface area contributed by atoms with E-state index in [0.717, 1.165) is 22.3 Å². The van der Waals surface area contributed by atoms with Crippen LogP contribution >= 0.6 is 0 Å². The van der Waals surface area contributed by atoms with E-state index in [1.54, 1.807) is 26.2 Å². The summed E-state index contributed by atoms with van der Waals surface area (Å²) in [7, 11) is 1.59. The normalized spacial score (nSPS) is 12.0. The number of aryl methyl sites for hydroxylation is 1. The van der Waals surface area contributed by atoms with Gasteiger partial charge in [-0.25, -0.2) is 9.59 Å². The lowest BCUT2D eigenvalue weighted by Gasteiger charge is -2.15. The minimum absolute atomic E-state index is 0.363. The standard InChI is InChI=1S/C20H18O6/c1-11-17(25-12(2)20(22)23)9-8-15-16(10-18(21)26-19(11)15)13-4-6-14(24-3)7-5-13/h4-10,12H,1-3H3,(H,22,23). The Morgan fingerprint density at radius 2 is 1.85 bits per heavy atom. The lowest BCUT2D eigenvalue weighted by molar-refractivity contribution is -0.144. The van der Waals surface area contributed by atoms with Gasteiger partial charge in [-0.3, -0.25) is 0 Å². The molecule has 0 fully saturated rings. The van der Waals surface area contributed by atoms with Crippen LogP contribution in [0.25, 0.3) is 22.1 Å². The summed E-state index contributed by atoms with van der Waals surface area (Å²) >= 11 is 0. The number of carbonyl (C=O) groups is 1. The van der Waals surface area contributed by atoms with Crippen molar-refractivity contribution in [2.24, 2.45) is 0 Å². The Bertz CT molecular complexity index is 1020. The molecule has 0 aliphatic carbocycles. The van der Waals surface area contributed by atoms with Gasteiger partial charge >= 0.3 is 11.6 Å². The first-order chi connectivity index (χ1) is 12.4. The van der Waals surface area contributed by atoms with Gasteiger partial charge in [-0.2, -0.15) is 0 Å². The van der Waals surface area contributed by atoms with Gasteiger partial charge in [0.05, 0.1) is 7.11 Å². The van der Waals surface area contributed by atoms with E-state index in [4.69, 9.17) is 19.0 Å². The van der Waals surface area contributed by atoms with Gasteiger partial charge in [0.1, 0.15) is 17.1 Å². The maximum atomic E-state index is 12.1. The van der Waals surface area contributed by atoms with Crippen molar-refractivity contribution in [2.75, 3.05) is 7.11 Å². The lowest BCUT2D eigenvalue weighted by atomic mass is 10.00. The zero-order chi connectivity index (χ0) is 18.8. The molecule has 26 heavy (non-hydrogen) atoms. The van der Waals surface area contributed by atoms with Crippen molar-refractivity contribution in [3.05, 3.63) is 58.4 Å². The molecule has 0 bridgehead atoms. The van der Waals surface area contributed by atoms with E-state index >= 15 is 0 Å². The molecule has 0 radical (unpaired) electrons. The second-order valence-corrected chi connectivity index (χ2v) is 5.87. The Morgan fingerprint density at radius 1 is 1.15 bits per heavy atom. The molecule has 1 aromatic heterocycles. The van der Waals surface area contributed by atoms with Crippen LogP contribution in [0.2, 0.25) is 0 Å². The minimum atomic E-state index is -1.07. The summed E-state index contributed by atoms with van der Waals surface area (Å²) in [6, 6.07) is 12.2. The number of carboxylic acid groups (broad SMARTS) is 1. The molecular weight excluding hydrogens is 336 g/mol. The monoisotopic (exact) mass is 354 g/mol. The highest BCUT2D eigenvalue weighted by Crippen LogP contribution is 2.34. The number of benzene rings is 2. The first kappa shape index (κ1) is 17.5. The van der Waals surface area contributed by atoms with Crippen molar-refractivity contribution < 1.29 is 23.8 Å². The smallest absolute Gasteiger partial charge is 0.344 e. The van der Waals surface area contributed by atoms with Crippen LogP contribution in [0.3, 0.4) is 0 Å². The molecule has 1 atom stereocenters. The molecule has 0 spiro atoms. The zero-order valence-corrected chi connectivity index (χ0v) is 14.6. The maximum absolute atomic E-state index is 12.1. The molecule has 3 aromatic rings. The van der Waals surface area contributed by atoms with Crippen molar-refractivity contribution >= 4 is 16.9 Å². The second-order valence-electron chi connectivity index (χ2n) is 5.87. The predicted molar refractivity (Wildman–Crippen MR) is 96.9 cm³/mol. The van der Waals surface area contributed by atoms with Crippen molar-refractivity contribution in [3.63, 3.8) is 0 Å². The van der Waals surface area contributed by atoms with Crippen LogP contribution in [0, 0.1) is 6.92 Å². The van der Waals surface area contributed by atoms with Crippen molar-refractivity contribution in [1.82, 2.24) is 0 Å². The van der Waals surface area contributed by atoms with Crippen LogP contribution in [-0.2, 0) is 4.79 Å². The molecule has 6 nitrogen and oxygen atoms in total. The number of ether oxygens (including phenoxy) is 2. The quantitative estimate of drug-likeness (QED) is 0.704. The van der Waals surface area contributed by atoms with E-state index in [2.05, 4.69) is 0 Å². The molecule has 0 amide bonds. The predicted octanol–water partition coefficient (Wildman–Crippen LogP) is 3.63. The van der Waals surface area contributed by atoms with Gasteiger partial charge in [-0.05, 0) is 49.2 Å². The summed E-state index contributed by atoms with van der Waals surface area (Å²) in [6.07, 6.45) is -1.01. The number of fused-ring (bicyclic) bond motifs is 1. The molecule has 0 saturated carbocycles. The highest BCUT2D eigenvalue weighted by Gasteiger charge is 2.17. The van der Waals surface area contributed by atoms with Crippen molar-refractivity contribution in [2.45, 2.75) is 20.0 Å². The Labute approximate surface area is 149 Å². The number of aliphatic carboxylic acids is 1. The number of methoxy groups -OCH3 is 1. The van der Waals surface area contributed by atoms with Crippen LogP contribution < -0.4 is 15.1 Å². The summed E-state index contributed by atoms with van der Waals surface area (Å²) in [5, 5.41) is 9.76. The fourth-order valence-corrected chi connectivity index (χ4v) is 2.72. The Balaban J connectivity index is 2.15. The summed E-state index contributed by atoms with van der Waals surface area (Å²) in [4.78, 5) is 23.1. The molecule has 0 aliphatic rings. The van der Waals surface area contributed by atoms with Gasteiger partial charge in [0, 0.05) is 17.0 Å². The summed E-state index contributed by atoms with van der Waals surface area (Å²) < 4.78 is 16.0. The highest BCUT2D eigenvalue weighted by molar-refractivity contribution is 5.95. The average Bonchev–Trinajstić information content (AvgIpc) is 2.63. The molecule has 0 saturated heterocycles. The average molecular weight is 354 g/mol. The van der Waals surface area contributed by atoms with Crippen LogP contribution in [0.5, 0.6) is 11.5 Å². The van der Waals surface area contributed by atoms with E-state index in [9.17, 15) is 9.59 Å². The number of hydrogen-bond acceptors (Lipinski definition) is 5. The van der Waals surface area contributed by atoms with Gasteiger partial charge in [-0.1, -0.05) is 12.1 Å². The number of carboxylic acids is 1. The van der Waals surface area contributed by atoms with E-state index < -0.39 is 17.7 Å². The molecule has 2 aromatic carbocycles. The van der Waals surface area contributed by atoms with Gasteiger partial charge in [0.25, 0.3) is 0 Å². The minimum Gasteiger partial charge on any atom is -0.497 e. The SMILES string of the molecule is COc1ccc(-c2cc(=O)oc3c(C)c(OC(C)C(=O)O)ccc23)cc1. The summed E-state index contributed by atoms with van der Waals surface area (Å²) in [6.45, 7) is 3.17. The Hall–Kier alpha value is -3.28. The molecule has 1 heterocycles. The molecule has 134 valence electrons. The Kier molecular flexibility index (Phi) is 4.67. The van der Waals surface area contributed by atoms with E-state index in [1.165, 1.54) is 13.0 Å². The van der Waals surface area contributed by atoms with Crippen LogP contribution in [-0.4, -0.2) is 24.3 Å². The molecule has 3 rings (SSSR count). The molecule has 0 aliphatic heterocycles. The van der Waals surface area contributed by atoms with E-state index in [1.807, 2.05) is 24.3 Å². The molecule has 6 heteroatoms. The van der Waals surface area contributed by atoms with Gasteiger partial charge in [-0.15, -0.1) is 0 Å². The van der Waals surface area contributed by atoms with Crippen LogP contribution in [0.4, 0.5) is 0 Å². The van der Waals surface area contributed by atoms with E-state index in [-0.39, 0.29) is 0 Å². The summed E-state index contributed by atoms with van der Waals surface area (Å²) in [5.41, 5.74) is 2.02. The third kappa shape index (κ3) is 3.26. The molecule has 1 N–H and O–H groups in total. The van der Waals surface area contributed by atoms with Crippen LogP contribution in [0.1, 0.15) is 12.5 Å². The van der Waals surface area contributed by atoms with Gasteiger partial charge in [0.2, 0.25) is 0 Å². The number of hydrogen-bond donors (Lipinski definition) is 1. The summed E-state index contributed by atoms with van der Waals surface area (Å²) in [5.74, 6) is 0.0101. The topological polar surface area (TPSA) is 86.0 Å². The van der Waals surface area contributed by atoms with Gasteiger partial charge in [0.15, 0.2) is 6.10 Å². The Morgan fingerprint density at radius 3 is 2.46 bits per heavy atom. The van der Waals surface area contributed by atoms with E-state index in [0.29, 0.717) is 16.9 Å². The lowest BCUT2D eigenvalue weighted by Crippen LogP contribution is -2.23. The third-order valence-electron chi connectivity index (χ3n) is 4.16. The fraction of sp³-hybridized carbons (Fsp3) is 0.200. The first-order valence-electron chi connectivity index (χ1n) is 8.02. The van der Waals surface area contributed by atoms with Crippen molar-refractivity contribution in [3.8, 4) is 22.6 Å². The molecule has 1 unspecified atom stereocenters. The van der Waals surface area contributed by atoms with Gasteiger partial charge < -0.3 is 19.0 Å². The fourth-order valence-electron chi connectivity index (χ4n) is 2.72. The maximum Gasteiger partial charge on any atom is 0.344 e. The first-order valence-corrected chi connectivity index (χ1v) is 8.02. The molecular formula is C20H18O6. The second kappa shape index (κ2) is 6.92. The largest absolute Gasteiger partial charge is 0.497 e. The highest BCUT2D eigenvalue weighted by atomic mass is 16.5. The van der Waals surface area contributed by atoms with Crippen molar-refractivity contribution in [1.29, 1.82) is 0 Å². The number of rotatable bonds is 5. The van der Waals surface area contributed by atoms with Crippen LogP contribution in [0.15, 0.2) is 51.7 Å².